The lowest BCUT2D eigenvalue weighted by Gasteiger charge is -2.40. The molecule has 0 aliphatic carbocycles. The molecule has 3 aromatic rings. The molecular weight excluding hydrogens is 782 g/mol. The van der Waals surface area contributed by atoms with Gasteiger partial charge in [-0.2, -0.15) is 0 Å². The van der Waals surface area contributed by atoms with Gasteiger partial charge in [0.1, 0.15) is 5.56 Å². The lowest BCUT2D eigenvalue weighted by molar-refractivity contribution is -0.896. The van der Waals surface area contributed by atoms with Crippen LogP contribution >= 0.6 is 0 Å². The Balaban J connectivity index is 0.00000351. The Labute approximate surface area is 321 Å². The van der Waals surface area contributed by atoms with Crippen LogP contribution in [0.3, 0.4) is 0 Å². The number of nitro groups is 1. The van der Waals surface area contributed by atoms with Crippen molar-refractivity contribution in [1.29, 1.82) is 0 Å². The molecule has 2 aliphatic heterocycles. The second kappa shape index (κ2) is 16.4. The molecule has 51 heavy (non-hydrogen) atoms. The SMILES string of the molecule is CC(C)(CN1C(=O)c2cccc3ccc([N+](=O)[O-])c(c23)C1=O)C[N+](C)(C)CCCCCC[N+](C)(C)CCCN1C(=O)c2ccccc2C1=O.[Br-].[Br-]. The van der Waals surface area contributed by atoms with E-state index in [1.165, 1.54) is 15.9 Å². The topological polar surface area (TPSA) is 118 Å². The molecule has 0 N–H and O–H groups in total. The van der Waals surface area contributed by atoms with Gasteiger partial charge in [0.15, 0.2) is 0 Å². The summed E-state index contributed by atoms with van der Waals surface area (Å²) in [5.74, 6) is -1.41. The van der Waals surface area contributed by atoms with E-state index in [0.717, 1.165) is 67.2 Å². The first-order valence-corrected chi connectivity index (χ1v) is 17.2. The number of carbonyl (C=O) groups is 4. The van der Waals surface area contributed by atoms with Crippen LogP contribution in [0.2, 0.25) is 0 Å². The summed E-state index contributed by atoms with van der Waals surface area (Å²) in [4.78, 5) is 66.4. The van der Waals surface area contributed by atoms with Crippen molar-refractivity contribution in [2.75, 3.05) is 67.5 Å². The first-order chi connectivity index (χ1) is 23.0. The number of imide groups is 2. The predicted octanol–water partition coefficient (Wildman–Crippen LogP) is -0.222. The normalized spacial score (nSPS) is 14.5. The number of halogens is 2. The molecule has 13 heteroatoms. The molecule has 0 radical (unpaired) electrons. The summed E-state index contributed by atoms with van der Waals surface area (Å²) in [5, 5.41) is 12.8. The monoisotopic (exact) mass is 829 g/mol. The van der Waals surface area contributed by atoms with Crippen LogP contribution in [0.1, 0.15) is 87.4 Å². The number of hydrogen-bond acceptors (Lipinski definition) is 6. The molecule has 276 valence electrons. The lowest BCUT2D eigenvalue weighted by Crippen LogP contribution is -3.00. The van der Waals surface area contributed by atoms with Gasteiger partial charge in [-0.05, 0) is 55.3 Å². The highest BCUT2D eigenvalue weighted by Crippen LogP contribution is 2.37. The first kappa shape index (κ1) is 41.9. The maximum Gasteiger partial charge on any atom is 0.282 e. The second-order valence-electron chi connectivity index (χ2n) is 15.8. The fraction of sp³-hybridized carbons (Fsp3) is 0.474. The summed E-state index contributed by atoms with van der Waals surface area (Å²) in [5.41, 5.74) is 0.600. The molecule has 0 aromatic heterocycles. The fourth-order valence-electron chi connectivity index (χ4n) is 7.79. The quantitative estimate of drug-likeness (QED) is 0.0649. The van der Waals surface area contributed by atoms with E-state index in [1.54, 1.807) is 48.5 Å². The highest BCUT2D eigenvalue weighted by molar-refractivity contribution is 6.27. The molecule has 2 aliphatic rings. The number of carbonyl (C=O) groups excluding carboxylic acids is 4. The fourth-order valence-corrected chi connectivity index (χ4v) is 7.79. The average Bonchev–Trinajstić information content (AvgIpc) is 3.27. The number of benzene rings is 3. The zero-order chi connectivity index (χ0) is 35.7. The van der Waals surface area contributed by atoms with Crippen LogP contribution < -0.4 is 34.0 Å². The Morgan fingerprint density at radius 3 is 1.76 bits per heavy atom. The van der Waals surface area contributed by atoms with Gasteiger partial charge >= 0.3 is 0 Å². The molecule has 5 rings (SSSR count). The van der Waals surface area contributed by atoms with E-state index in [-0.39, 0.29) is 63.6 Å². The number of nitrogens with zero attached hydrogens (tertiary/aromatic N) is 5. The number of nitro benzene ring substituents is 1. The van der Waals surface area contributed by atoms with Crippen molar-refractivity contribution < 1.29 is 67.0 Å². The minimum Gasteiger partial charge on any atom is -1.00 e. The largest absolute Gasteiger partial charge is 1.00 e. The van der Waals surface area contributed by atoms with E-state index in [0.29, 0.717) is 34.0 Å². The summed E-state index contributed by atoms with van der Waals surface area (Å²) < 4.78 is 1.55. The molecule has 0 atom stereocenters. The third-order valence-electron chi connectivity index (χ3n) is 9.90. The molecule has 0 bridgehead atoms. The van der Waals surface area contributed by atoms with E-state index in [9.17, 15) is 29.3 Å². The van der Waals surface area contributed by atoms with Gasteiger partial charge in [0.25, 0.3) is 29.3 Å². The first-order valence-electron chi connectivity index (χ1n) is 17.2. The average molecular weight is 832 g/mol. The maximum atomic E-state index is 13.7. The molecule has 0 fully saturated rings. The van der Waals surface area contributed by atoms with Crippen molar-refractivity contribution in [3.05, 3.63) is 87.0 Å². The van der Waals surface area contributed by atoms with Crippen LogP contribution in [-0.2, 0) is 0 Å². The van der Waals surface area contributed by atoms with Crippen LogP contribution in [0, 0.1) is 15.5 Å². The van der Waals surface area contributed by atoms with E-state index in [1.807, 2.05) is 13.8 Å². The number of unbranched alkanes of at least 4 members (excludes halogenated alkanes) is 3. The van der Waals surface area contributed by atoms with Crippen molar-refractivity contribution in [2.45, 2.75) is 46.0 Å². The Kier molecular flexibility index (Phi) is 13.5. The number of amides is 4. The van der Waals surface area contributed by atoms with E-state index >= 15 is 0 Å². The molecule has 0 unspecified atom stereocenters. The third kappa shape index (κ3) is 9.29. The summed E-state index contributed by atoms with van der Waals surface area (Å²) >= 11 is 0. The van der Waals surface area contributed by atoms with Crippen LogP contribution in [0.5, 0.6) is 0 Å². The Morgan fingerprint density at radius 2 is 1.18 bits per heavy atom. The van der Waals surface area contributed by atoms with E-state index in [4.69, 9.17) is 0 Å². The summed E-state index contributed by atoms with van der Waals surface area (Å²) in [6, 6.07) is 15.1. The second-order valence-corrected chi connectivity index (χ2v) is 15.8. The minimum atomic E-state index is -0.607. The number of fused-ring (bicyclic) bond motifs is 1. The molecular formula is C38H49Br2N5O6. The highest BCUT2D eigenvalue weighted by Gasteiger charge is 2.42. The Bertz CT molecular complexity index is 1790. The van der Waals surface area contributed by atoms with Crippen molar-refractivity contribution in [2.24, 2.45) is 5.41 Å². The van der Waals surface area contributed by atoms with Crippen molar-refractivity contribution in [3.63, 3.8) is 0 Å². The summed E-state index contributed by atoms with van der Waals surface area (Å²) in [6.45, 7) is 8.22. The molecule has 0 saturated carbocycles. The summed E-state index contributed by atoms with van der Waals surface area (Å²) in [6.07, 6.45) is 5.07. The van der Waals surface area contributed by atoms with Crippen LogP contribution in [0.25, 0.3) is 10.8 Å². The lowest BCUT2D eigenvalue weighted by atomic mass is 9.87. The number of quaternary nitrogens is 2. The molecule has 2 heterocycles. The van der Waals surface area contributed by atoms with Gasteiger partial charge in [0.05, 0.1) is 70.4 Å². The van der Waals surface area contributed by atoms with Gasteiger partial charge in [-0.1, -0.05) is 38.1 Å². The van der Waals surface area contributed by atoms with Crippen LogP contribution in [-0.4, -0.2) is 115 Å². The molecule has 11 nitrogen and oxygen atoms in total. The van der Waals surface area contributed by atoms with Gasteiger partial charge in [0.2, 0.25) is 0 Å². The molecule has 4 amide bonds. The van der Waals surface area contributed by atoms with E-state index < -0.39 is 22.2 Å². The Hall–Kier alpha value is -3.52. The molecule has 0 spiro atoms. The summed E-state index contributed by atoms with van der Waals surface area (Å²) in [7, 11) is 8.71. The van der Waals surface area contributed by atoms with Gasteiger partial charge in [-0.15, -0.1) is 0 Å². The van der Waals surface area contributed by atoms with Crippen LogP contribution in [0.4, 0.5) is 5.69 Å². The van der Waals surface area contributed by atoms with E-state index in [2.05, 4.69) is 28.2 Å². The molecule has 3 aromatic carbocycles. The van der Waals surface area contributed by atoms with Crippen LogP contribution in [0.15, 0.2) is 54.6 Å². The van der Waals surface area contributed by atoms with Gasteiger partial charge < -0.3 is 42.9 Å². The zero-order valence-corrected chi connectivity index (χ0v) is 33.6. The number of rotatable bonds is 16. The third-order valence-corrected chi connectivity index (χ3v) is 9.90. The molecule has 0 saturated heterocycles. The highest BCUT2D eigenvalue weighted by atomic mass is 79.9. The zero-order valence-electron chi connectivity index (χ0n) is 30.4. The van der Waals surface area contributed by atoms with Gasteiger partial charge in [0, 0.05) is 41.9 Å². The Morgan fingerprint density at radius 1 is 0.647 bits per heavy atom. The van der Waals surface area contributed by atoms with Crippen molar-refractivity contribution in [1.82, 2.24) is 9.80 Å². The van der Waals surface area contributed by atoms with Gasteiger partial charge in [-0.25, -0.2) is 0 Å². The maximum absolute atomic E-state index is 13.7. The smallest absolute Gasteiger partial charge is 0.282 e. The predicted molar refractivity (Wildman–Crippen MR) is 188 cm³/mol. The van der Waals surface area contributed by atoms with Gasteiger partial charge in [-0.3, -0.25) is 39.1 Å². The van der Waals surface area contributed by atoms with Crippen molar-refractivity contribution >= 4 is 40.1 Å². The van der Waals surface area contributed by atoms with Crippen molar-refractivity contribution in [3.8, 4) is 0 Å². The number of hydrogen-bond donors (Lipinski definition) is 0. The minimum absolute atomic E-state index is 0. The standard InChI is InChI=1S/C38H49N5O6.2BrH/c1-38(2,25-40-36(46)30-18-13-15-27-19-20-31(41(48)49)33(32(27)30)37(40)47)26-43(5,6)23-12-8-7-11-22-42(3,4)24-14-21-39-34(44)28-16-9-10-17-29(28)35(39)45;;/h9-10,13,15-20H,7-8,11-12,14,21-26H2,1-6H3;2*1H/q+2;;/p-2.